The van der Waals surface area contributed by atoms with E-state index in [1.54, 1.807) is 0 Å². The van der Waals surface area contributed by atoms with Gasteiger partial charge in [-0.3, -0.25) is 0 Å². The fourth-order valence-corrected chi connectivity index (χ4v) is 5.30. The molecular weight excluding hydrogens is 288 g/mol. The van der Waals surface area contributed by atoms with Gasteiger partial charge < -0.3 is 9.84 Å². The molecule has 0 radical (unpaired) electrons. The largest absolute Gasteiger partial charge is 0.458 e. The van der Waals surface area contributed by atoms with Crippen LogP contribution < -0.4 is 0 Å². The summed E-state index contributed by atoms with van der Waals surface area (Å²) in [5, 5.41) is 10.3. The molecule has 3 heteroatoms. The van der Waals surface area contributed by atoms with Crippen LogP contribution in [0, 0.1) is 22.7 Å². The highest BCUT2D eigenvalue weighted by Gasteiger charge is 2.54. The molecule has 1 heterocycles. The molecule has 0 bridgehead atoms. The zero-order chi connectivity index (χ0) is 16.8. The molecule has 3 aliphatic rings. The smallest absolute Gasteiger partial charge is 0.334 e. The third kappa shape index (κ3) is 2.67. The highest BCUT2D eigenvalue weighted by atomic mass is 16.5. The summed E-state index contributed by atoms with van der Waals surface area (Å²) in [5.41, 5.74) is 2.52. The maximum atomic E-state index is 11.7. The first-order valence-corrected chi connectivity index (χ1v) is 9.00. The van der Waals surface area contributed by atoms with E-state index in [1.807, 2.05) is 6.08 Å². The predicted molar refractivity (Wildman–Crippen MR) is 90.8 cm³/mol. The summed E-state index contributed by atoms with van der Waals surface area (Å²) >= 11 is 0. The standard InChI is InChI=1S/C20H30O3/c1-13-5-8-20(4)14(2)11-16(21)12-17(20)19(13,3)9-6-15-7-10-23-18(15)22/h7,11,13,16-17,21H,5-6,8-10,12H2,1-4H3. The number of aliphatic hydroxyl groups excluding tert-OH is 1. The van der Waals surface area contributed by atoms with E-state index >= 15 is 0 Å². The number of aliphatic hydroxyl groups is 1. The third-order valence-corrected chi connectivity index (χ3v) is 7.35. The summed E-state index contributed by atoms with van der Waals surface area (Å²) in [6.45, 7) is 9.72. The Labute approximate surface area is 139 Å². The molecule has 23 heavy (non-hydrogen) atoms. The van der Waals surface area contributed by atoms with E-state index in [-0.39, 0.29) is 22.9 Å². The van der Waals surface area contributed by atoms with Gasteiger partial charge in [0.25, 0.3) is 0 Å². The van der Waals surface area contributed by atoms with Crippen molar-refractivity contribution in [3.8, 4) is 0 Å². The number of rotatable bonds is 3. The quantitative estimate of drug-likeness (QED) is 0.631. The molecule has 0 aromatic heterocycles. The fraction of sp³-hybridized carbons (Fsp3) is 0.750. The summed E-state index contributed by atoms with van der Waals surface area (Å²) in [7, 11) is 0. The lowest BCUT2D eigenvalue weighted by molar-refractivity contribution is -0.136. The molecule has 1 saturated carbocycles. The van der Waals surface area contributed by atoms with Crippen molar-refractivity contribution in [2.24, 2.45) is 22.7 Å². The number of hydrogen-bond donors (Lipinski definition) is 1. The maximum Gasteiger partial charge on any atom is 0.334 e. The number of ether oxygens (including phenoxy) is 1. The van der Waals surface area contributed by atoms with Gasteiger partial charge in [0.05, 0.1) is 6.10 Å². The minimum Gasteiger partial charge on any atom is -0.458 e. The number of cyclic esters (lactones) is 1. The normalized spacial score (nSPS) is 43.5. The SMILES string of the molecule is CC1=CC(O)CC2C1(C)CCC(C)C2(C)CCC1=CCOC1=O. The average molecular weight is 318 g/mol. The van der Waals surface area contributed by atoms with Gasteiger partial charge in [0.2, 0.25) is 0 Å². The van der Waals surface area contributed by atoms with Crippen LogP contribution in [0.25, 0.3) is 0 Å². The highest BCUT2D eigenvalue weighted by Crippen LogP contribution is 2.61. The molecule has 1 fully saturated rings. The molecule has 0 aromatic carbocycles. The topological polar surface area (TPSA) is 46.5 Å². The Morgan fingerprint density at radius 3 is 2.78 bits per heavy atom. The number of hydrogen-bond acceptors (Lipinski definition) is 3. The van der Waals surface area contributed by atoms with Crippen molar-refractivity contribution >= 4 is 5.97 Å². The van der Waals surface area contributed by atoms with E-state index in [0.29, 0.717) is 18.4 Å². The molecule has 0 spiro atoms. The first kappa shape index (κ1) is 16.8. The van der Waals surface area contributed by atoms with Gasteiger partial charge in [0, 0.05) is 5.57 Å². The molecule has 0 saturated heterocycles. The van der Waals surface area contributed by atoms with Crippen molar-refractivity contribution in [3.05, 3.63) is 23.3 Å². The summed E-state index contributed by atoms with van der Waals surface area (Å²) in [5.74, 6) is 0.938. The van der Waals surface area contributed by atoms with Gasteiger partial charge in [0.1, 0.15) is 6.61 Å². The summed E-state index contributed by atoms with van der Waals surface area (Å²) in [6.07, 6.45) is 8.72. The van der Waals surface area contributed by atoms with Crippen molar-refractivity contribution < 1.29 is 14.6 Å². The number of fused-ring (bicyclic) bond motifs is 1. The number of esters is 1. The minimum absolute atomic E-state index is 0.139. The van der Waals surface area contributed by atoms with E-state index in [0.717, 1.165) is 24.8 Å². The zero-order valence-corrected chi connectivity index (χ0v) is 14.9. The number of carbonyl (C=O) groups is 1. The molecule has 3 nitrogen and oxygen atoms in total. The highest BCUT2D eigenvalue weighted by molar-refractivity contribution is 5.90. The van der Waals surface area contributed by atoms with Gasteiger partial charge in [-0.05, 0) is 67.8 Å². The molecule has 128 valence electrons. The molecular formula is C20H30O3. The van der Waals surface area contributed by atoms with Gasteiger partial charge in [-0.1, -0.05) is 32.4 Å². The lowest BCUT2D eigenvalue weighted by Crippen LogP contribution is -2.51. The molecule has 5 atom stereocenters. The number of allylic oxidation sites excluding steroid dienone is 1. The van der Waals surface area contributed by atoms with Crippen LogP contribution in [0.5, 0.6) is 0 Å². The summed E-state index contributed by atoms with van der Waals surface area (Å²) < 4.78 is 5.05. The van der Waals surface area contributed by atoms with Crippen molar-refractivity contribution in [1.29, 1.82) is 0 Å². The van der Waals surface area contributed by atoms with Gasteiger partial charge in [0.15, 0.2) is 0 Å². The Hall–Kier alpha value is -1.09. The van der Waals surface area contributed by atoms with Crippen LogP contribution in [0.2, 0.25) is 0 Å². The van der Waals surface area contributed by atoms with Gasteiger partial charge in [-0.2, -0.15) is 0 Å². The molecule has 2 aliphatic carbocycles. The molecule has 0 amide bonds. The van der Waals surface area contributed by atoms with Crippen LogP contribution in [0.3, 0.4) is 0 Å². The Balaban J connectivity index is 1.86. The second-order valence-corrected chi connectivity index (χ2v) is 8.40. The monoisotopic (exact) mass is 318 g/mol. The second-order valence-electron chi connectivity index (χ2n) is 8.40. The first-order chi connectivity index (χ1) is 10.8. The minimum atomic E-state index is -0.326. The summed E-state index contributed by atoms with van der Waals surface area (Å²) in [4.78, 5) is 11.7. The van der Waals surface area contributed by atoms with E-state index < -0.39 is 0 Å². The van der Waals surface area contributed by atoms with E-state index in [2.05, 4.69) is 33.8 Å². The number of carbonyl (C=O) groups excluding carboxylic acids is 1. The van der Waals surface area contributed by atoms with Crippen LogP contribution in [-0.4, -0.2) is 23.8 Å². The van der Waals surface area contributed by atoms with Gasteiger partial charge in [-0.25, -0.2) is 4.79 Å². The van der Waals surface area contributed by atoms with Gasteiger partial charge in [-0.15, -0.1) is 0 Å². The van der Waals surface area contributed by atoms with Gasteiger partial charge >= 0.3 is 5.97 Å². The maximum absolute atomic E-state index is 11.7. The van der Waals surface area contributed by atoms with Crippen molar-refractivity contribution in [2.75, 3.05) is 6.61 Å². The molecule has 0 aromatic rings. The van der Waals surface area contributed by atoms with Crippen LogP contribution >= 0.6 is 0 Å². The molecule has 3 rings (SSSR count). The average Bonchev–Trinajstić information content (AvgIpc) is 2.90. The summed E-state index contributed by atoms with van der Waals surface area (Å²) in [6, 6.07) is 0. The zero-order valence-electron chi connectivity index (χ0n) is 14.9. The molecule has 1 aliphatic heterocycles. The Bertz CT molecular complexity index is 561. The first-order valence-electron chi connectivity index (χ1n) is 9.00. The van der Waals surface area contributed by atoms with Crippen molar-refractivity contribution in [3.63, 3.8) is 0 Å². The predicted octanol–water partition coefficient (Wildman–Crippen LogP) is 4.02. The third-order valence-electron chi connectivity index (χ3n) is 7.35. The van der Waals surface area contributed by atoms with E-state index in [1.165, 1.54) is 18.4 Å². The van der Waals surface area contributed by atoms with Crippen LogP contribution in [-0.2, 0) is 9.53 Å². The van der Waals surface area contributed by atoms with Crippen molar-refractivity contribution in [1.82, 2.24) is 0 Å². The van der Waals surface area contributed by atoms with E-state index in [4.69, 9.17) is 4.74 Å². The fourth-order valence-electron chi connectivity index (χ4n) is 5.30. The van der Waals surface area contributed by atoms with E-state index in [9.17, 15) is 9.90 Å². The Morgan fingerprint density at radius 1 is 1.39 bits per heavy atom. The van der Waals surface area contributed by atoms with Crippen LogP contribution in [0.1, 0.15) is 59.8 Å². The Kier molecular flexibility index (Phi) is 4.20. The molecule has 1 N–H and O–H groups in total. The Morgan fingerprint density at radius 2 is 2.13 bits per heavy atom. The second kappa shape index (κ2) is 5.77. The molecule has 5 unspecified atom stereocenters. The van der Waals surface area contributed by atoms with Crippen LogP contribution in [0.4, 0.5) is 0 Å². The van der Waals surface area contributed by atoms with Crippen LogP contribution in [0.15, 0.2) is 23.3 Å². The lowest BCUT2D eigenvalue weighted by Gasteiger charge is -2.58. The van der Waals surface area contributed by atoms with Crippen molar-refractivity contribution in [2.45, 2.75) is 65.9 Å². The lowest BCUT2D eigenvalue weighted by atomic mass is 9.46.